The zero-order chi connectivity index (χ0) is 16.4. The van der Waals surface area contributed by atoms with Gasteiger partial charge in [-0.05, 0) is 61.6 Å². The molecule has 0 aromatic heterocycles. The monoisotopic (exact) mass is 312 g/mol. The molecule has 1 saturated carbocycles. The van der Waals surface area contributed by atoms with Crippen molar-refractivity contribution in [2.45, 2.75) is 32.1 Å². The lowest BCUT2D eigenvalue weighted by Gasteiger charge is -2.17. The molecule has 2 aromatic rings. The van der Waals surface area contributed by atoms with Crippen LogP contribution in [0.4, 0.5) is 14.9 Å². The number of benzene rings is 2. The minimum Gasteiger partial charge on any atom is -0.337 e. The predicted molar refractivity (Wildman–Crippen MR) is 90.2 cm³/mol. The molecule has 2 N–H and O–H groups in total. The number of amides is 2. The van der Waals surface area contributed by atoms with Gasteiger partial charge in [-0.15, -0.1) is 0 Å². The lowest BCUT2D eigenvalue weighted by atomic mass is 9.96. The van der Waals surface area contributed by atoms with Crippen molar-refractivity contribution in [1.29, 1.82) is 0 Å². The molecule has 23 heavy (non-hydrogen) atoms. The molecule has 4 heteroatoms. The Hall–Kier alpha value is -2.36. The molecule has 1 fully saturated rings. The fourth-order valence-electron chi connectivity index (χ4n) is 2.82. The summed E-state index contributed by atoms with van der Waals surface area (Å²) in [6.07, 6.45) is 2.03. The van der Waals surface area contributed by atoms with Gasteiger partial charge in [0.25, 0.3) is 0 Å². The molecule has 0 radical (unpaired) electrons. The molecule has 0 spiro atoms. The Bertz CT molecular complexity index is 721. The third kappa shape index (κ3) is 3.36. The molecule has 0 heterocycles. The average molecular weight is 312 g/mol. The third-order valence-electron chi connectivity index (χ3n) is 4.75. The SMILES string of the molecule is Cc1cccc(NC(=O)NCC2(c3ccc(F)cc3)CC2)c1C. The normalized spacial score (nSPS) is 15.1. The number of halogens is 1. The Balaban J connectivity index is 1.61. The van der Waals surface area contributed by atoms with Crippen LogP contribution in [0.5, 0.6) is 0 Å². The minimum absolute atomic E-state index is 0.0350. The molecule has 120 valence electrons. The second-order valence-corrected chi connectivity index (χ2v) is 6.34. The van der Waals surface area contributed by atoms with Crippen LogP contribution in [0.1, 0.15) is 29.5 Å². The average Bonchev–Trinajstić information content (AvgIpc) is 3.32. The first-order chi connectivity index (χ1) is 11.0. The van der Waals surface area contributed by atoms with E-state index in [-0.39, 0.29) is 17.3 Å². The third-order valence-corrected chi connectivity index (χ3v) is 4.75. The highest BCUT2D eigenvalue weighted by Crippen LogP contribution is 2.47. The van der Waals surface area contributed by atoms with Crippen LogP contribution in [0.3, 0.4) is 0 Å². The lowest BCUT2D eigenvalue weighted by Crippen LogP contribution is -2.35. The van der Waals surface area contributed by atoms with Crippen LogP contribution in [0.15, 0.2) is 42.5 Å². The molecule has 2 amide bonds. The molecule has 0 aliphatic heterocycles. The van der Waals surface area contributed by atoms with E-state index in [0.29, 0.717) is 6.54 Å². The van der Waals surface area contributed by atoms with Gasteiger partial charge in [0.15, 0.2) is 0 Å². The molecular weight excluding hydrogens is 291 g/mol. The summed E-state index contributed by atoms with van der Waals surface area (Å²) in [5.41, 5.74) is 4.10. The lowest BCUT2D eigenvalue weighted by molar-refractivity contribution is 0.251. The van der Waals surface area contributed by atoms with Gasteiger partial charge < -0.3 is 10.6 Å². The van der Waals surface area contributed by atoms with Crippen LogP contribution < -0.4 is 10.6 Å². The van der Waals surface area contributed by atoms with Crippen LogP contribution >= 0.6 is 0 Å². The Labute approximate surface area is 135 Å². The molecule has 0 bridgehead atoms. The number of nitrogens with one attached hydrogen (secondary N) is 2. The zero-order valence-corrected chi connectivity index (χ0v) is 13.4. The summed E-state index contributed by atoms with van der Waals surface area (Å²) >= 11 is 0. The van der Waals surface area contributed by atoms with E-state index in [1.54, 1.807) is 0 Å². The van der Waals surface area contributed by atoms with E-state index >= 15 is 0 Å². The van der Waals surface area contributed by atoms with Crippen LogP contribution in [0.2, 0.25) is 0 Å². The standard InChI is InChI=1S/C19H21FN2O/c1-13-4-3-5-17(14(13)2)22-18(23)21-12-19(10-11-19)15-6-8-16(20)9-7-15/h3-9H,10-12H2,1-2H3,(H2,21,22,23). The van der Waals surface area contributed by atoms with Gasteiger partial charge in [-0.25, -0.2) is 9.18 Å². The first-order valence-electron chi connectivity index (χ1n) is 7.87. The van der Waals surface area contributed by atoms with Crippen LogP contribution in [-0.4, -0.2) is 12.6 Å². The summed E-state index contributed by atoms with van der Waals surface area (Å²) in [6, 6.07) is 12.2. The smallest absolute Gasteiger partial charge is 0.319 e. The predicted octanol–water partition coefficient (Wildman–Crippen LogP) is 4.30. The molecule has 0 atom stereocenters. The maximum Gasteiger partial charge on any atom is 0.319 e. The van der Waals surface area contributed by atoms with E-state index in [1.807, 2.05) is 44.2 Å². The Morgan fingerprint density at radius 1 is 1.13 bits per heavy atom. The quantitative estimate of drug-likeness (QED) is 0.868. The van der Waals surface area contributed by atoms with E-state index < -0.39 is 0 Å². The van der Waals surface area contributed by atoms with Gasteiger partial charge in [0, 0.05) is 17.6 Å². The highest BCUT2D eigenvalue weighted by atomic mass is 19.1. The second kappa shape index (κ2) is 6.03. The van der Waals surface area contributed by atoms with Gasteiger partial charge in [0.1, 0.15) is 5.82 Å². The first kappa shape index (κ1) is 15.5. The van der Waals surface area contributed by atoms with Gasteiger partial charge in [0.2, 0.25) is 0 Å². The van der Waals surface area contributed by atoms with Crippen LogP contribution in [-0.2, 0) is 5.41 Å². The van der Waals surface area contributed by atoms with Gasteiger partial charge in [-0.1, -0.05) is 24.3 Å². The number of urea groups is 1. The van der Waals surface area contributed by atoms with Crippen molar-refractivity contribution < 1.29 is 9.18 Å². The van der Waals surface area contributed by atoms with Gasteiger partial charge in [0.05, 0.1) is 0 Å². The number of hydrogen-bond acceptors (Lipinski definition) is 1. The summed E-state index contributed by atoms with van der Waals surface area (Å²) in [5.74, 6) is -0.231. The zero-order valence-electron chi connectivity index (χ0n) is 13.4. The van der Waals surface area contributed by atoms with E-state index in [2.05, 4.69) is 10.6 Å². The maximum atomic E-state index is 13.0. The van der Waals surface area contributed by atoms with Crippen molar-refractivity contribution >= 4 is 11.7 Å². The van der Waals surface area contributed by atoms with Crippen molar-refractivity contribution in [1.82, 2.24) is 5.32 Å². The van der Waals surface area contributed by atoms with Crippen molar-refractivity contribution in [3.8, 4) is 0 Å². The molecule has 1 aliphatic carbocycles. The highest BCUT2D eigenvalue weighted by Gasteiger charge is 2.44. The summed E-state index contributed by atoms with van der Waals surface area (Å²) < 4.78 is 13.0. The van der Waals surface area contributed by atoms with Gasteiger partial charge in [-0.3, -0.25) is 0 Å². The topological polar surface area (TPSA) is 41.1 Å². The largest absolute Gasteiger partial charge is 0.337 e. The first-order valence-corrected chi connectivity index (χ1v) is 7.87. The molecule has 1 aliphatic rings. The Kier molecular flexibility index (Phi) is 4.07. The fraction of sp³-hybridized carbons (Fsp3) is 0.316. The van der Waals surface area contributed by atoms with Crippen molar-refractivity contribution in [2.24, 2.45) is 0 Å². The molecule has 3 nitrogen and oxygen atoms in total. The summed E-state index contributed by atoms with van der Waals surface area (Å²) in [5, 5.41) is 5.85. The number of rotatable bonds is 4. The van der Waals surface area contributed by atoms with Crippen molar-refractivity contribution in [3.05, 3.63) is 65.0 Å². The van der Waals surface area contributed by atoms with Crippen molar-refractivity contribution in [2.75, 3.05) is 11.9 Å². The van der Waals surface area contributed by atoms with E-state index in [0.717, 1.165) is 35.2 Å². The van der Waals surface area contributed by atoms with E-state index in [9.17, 15) is 9.18 Å². The molecule has 3 rings (SSSR count). The fourth-order valence-corrected chi connectivity index (χ4v) is 2.82. The van der Waals surface area contributed by atoms with Crippen LogP contribution in [0.25, 0.3) is 0 Å². The number of aryl methyl sites for hydroxylation is 1. The Morgan fingerprint density at radius 3 is 2.48 bits per heavy atom. The number of carbonyl (C=O) groups is 1. The molecule has 2 aromatic carbocycles. The van der Waals surface area contributed by atoms with Crippen LogP contribution in [0, 0.1) is 19.7 Å². The second-order valence-electron chi connectivity index (χ2n) is 6.34. The number of hydrogen-bond donors (Lipinski definition) is 2. The number of carbonyl (C=O) groups excluding carboxylic acids is 1. The number of anilines is 1. The van der Waals surface area contributed by atoms with E-state index in [1.165, 1.54) is 12.1 Å². The molecule has 0 saturated heterocycles. The van der Waals surface area contributed by atoms with E-state index in [4.69, 9.17) is 0 Å². The summed E-state index contributed by atoms with van der Waals surface area (Å²) in [7, 11) is 0. The van der Waals surface area contributed by atoms with Gasteiger partial charge >= 0.3 is 6.03 Å². The van der Waals surface area contributed by atoms with Crippen molar-refractivity contribution in [3.63, 3.8) is 0 Å². The minimum atomic E-state index is -0.231. The highest BCUT2D eigenvalue weighted by molar-refractivity contribution is 5.90. The molecule has 0 unspecified atom stereocenters. The Morgan fingerprint density at radius 2 is 1.83 bits per heavy atom. The van der Waals surface area contributed by atoms with Gasteiger partial charge in [-0.2, -0.15) is 0 Å². The maximum absolute atomic E-state index is 13.0. The summed E-state index contributed by atoms with van der Waals surface area (Å²) in [6.45, 7) is 4.58. The molecular formula is C19H21FN2O. The summed E-state index contributed by atoms with van der Waals surface area (Å²) in [4.78, 5) is 12.2.